The van der Waals surface area contributed by atoms with Crippen molar-refractivity contribution in [2.75, 3.05) is 12.3 Å². The van der Waals surface area contributed by atoms with Crippen molar-refractivity contribution in [2.24, 2.45) is 0 Å². The van der Waals surface area contributed by atoms with E-state index in [1.165, 1.54) is 0 Å². The zero-order valence-corrected chi connectivity index (χ0v) is 12.0. The molecule has 0 amide bonds. The van der Waals surface area contributed by atoms with Crippen molar-refractivity contribution in [1.29, 1.82) is 0 Å². The van der Waals surface area contributed by atoms with Gasteiger partial charge in [-0.1, -0.05) is 6.07 Å². The van der Waals surface area contributed by atoms with Gasteiger partial charge in [0.2, 0.25) is 0 Å². The first-order chi connectivity index (χ1) is 9.15. The number of aromatic nitrogens is 1. The van der Waals surface area contributed by atoms with Gasteiger partial charge in [0, 0.05) is 35.0 Å². The Labute approximate surface area is 119 Å². The Morgan fingerprint density at radius 1 is 1.26 bits per heavy atom. The highest BCUT2D eigenvalue weighted by molar-refractivity contribution is 9.10. The third-order valence-electron chi connectivity index (χ3n) is 2.62. The van der Waals surface area contributed by atoms with E-state index in [2.05, 4.69) is 15.9 Å². The third-order valence-corrected chi connectivity index (χ3v) is 3.09. The smallest absolute Gasteiger partial charge is 0.250 e. The maximum Gasteiger partial charge on any atom is 0.250 e. The van der Waals surface area contributed by atoms with E-state index in [9.17, 15) is 4.79 Å². The van der Waals surface area contributed by atoms with Gasteiger partial charge in [-0.05, 0) is 40.5 Å². The molecule has 0 aliphatic rings. The summed E-state index contributed by atoms with van der Waals surface area (Å²) < 4.78 is 8.12. The molecule has 0 spiro atoms. The normalized spacial score (nSPS) is 10.4. The summed E-state index contributed by atoms with van der Waals surface area (Å²) in [5.41, 5.74) is 6.33. The van der Waals surface area contributed by atoms with Gasteiger partial charge in [0.25, 0.3) is 5.56 Å². The highest BCUT2D eigenvalue weighted by Gasteiger charge is 1.98. The summed E-state index contributed by atoms with van der Waals surface area (Å²) in [5.74, 6) is 0.751. The van der Waals surface area contributed by atoms with Crippen molar-refractivity contribution in [2.45, 2.75) is 13.0 Å². The van der Waals surface area contributed by atoms with Crippen LogP contribution in [0, 0.1) is 0 Å². The lowest BCUT2D eigenvalue weighted by atomic mass is 10.3. The van der Waals surface area contributed by atoms with Crippen LogP contribution in [-0.2, 0) is 6.54 Å². The van der Waals surface area contributed by atoms with E-state index >= 15 is 0 Å². The minimum atomic E-state index is -0.00726. The molecule has 0 unspecified atom stereocenters. The molecular formula is C14H15BrN2O2. The van der Waals surface area contributed by atoms with Crippen LogP contribution in [0.25, 0.3) is 0 Å². The van der Waals surface area contributed by atoms with Crippen molar-refractivity contribution < 1.29 is 4.74 Å². The lowest BCUT2D eigenvalue weighted by Crippen LogP contribution is -2.19. The summed E-state index contributed by atoms with van der Waals surface area (Å²) in [6.07, 6.45) is 2.54. The molecule has 0 saturated heterocycles. The van der Waals surface area contributed by atoms with Crippen LogP contribution < -0.4 is 16.0 Å². The van der Waals surface area contributed by atoms with Gasteiger partial charge < -0.3 is 15.0 Å². The van der Waals surface area contributed by atoms with Crippen LogP contribution in [0.3, 0.4) is 0 Å². The van der Waals surface area contributed by atoms with Gasteiger partial charge in [0.05, 0.1) is 6.61 Å². The Kier molecular flexibility index (Phi) is 4.63. The SMILES string of the molecule is Nc1cccc(OCCCn2cc(Br)ccc2=O)c1. The number of halogens is 1. The molecule has 0 radical (unpaired) electrons. The maximum absolute atomic E-state index is 11.6. The predicted octanol–water partition coefficient (Wildman–Crippen LogP) is 2.66. The quantitative estimate of drug-likeness (QED) is 0.680. The lowest BCUT2D eigenvalue weighted by Gasteiger charge is -2.08. The molecule has 5 heteroatoms. The number of anilines is 1. The van der Waals surface area contributed by atoms with Gasteiger partial charge in [0.15, 0.2) is 0 Å². The molecule has 2 rings (SSSR count). The molecule has 0 aliphatic carbocycles. The van der Waals surface area contributed by atoms with Gasteiger partial charge in [-0.3, -0.25) is 4.79 Å². The maximum atomic E-state index is 11.6. The fourth-order valence-electron chi connectivity index (χ4n) is 1.71. The van der Waals surface area contributed by atoms with E-state index in [0.717, 1.165) is 16.6 Å². The number of pyridine rings is 1. The number of nitrogens with zero attached hydrogens (tertiary/aromatic N) is 1. The monoisotopic (exact) mass is 322 g/mol. The van der Waals surface area contributed by atoms with Crippen LogP contribution in [-0.4, -0.2) is 11.2 Å². The molecule has 0 atom stereocenters. The highest BCUT2D eigenvalue weighted by atomic mass is 79.9. The van der Waals surface area contributed by atoms with Crippen molar-refractivity contribution in [3.8, 4) is 5.75 Å². The first-order valence-corrected chi connectivity index (χ1v) is 6.79. The fraction of sp³-hybridized carbons (Fsp3) is 0.214. The number of nitrogens with two attached hydrogens (primary N) is 1. The van der Waals surface area contributed by atoms with Gasteiger partial charge in [-0.25, -0.2) is 0 Å². The second-order valence-electron chi connectivity index (χ2n) is 4.15. The largest absolute Gasteiger partial charge is 0.493 e. The molecule has 1 heterocycles. The molecule has 2 aromatic rings. The molecular weight excluding hydrogens is 308 g/mol. The van der Waals surface area contributed by atoms with Gasteiger partial charge in [-0.2, -0.15) is 0 Å². The van der Waals surface area contributed by atoms with Crippen LogP contribution in [0.4, 0.5) is 5.69 Å². The second kappa shape index (κ2) is 6.43. The molecule has 1 aromatic heterocycles. The molecule has 1 aromatic carbocycles. The third kappa shape index (κ3) is 4.13. The van der Waals surface area contributed by atoms with Crippen LogP contribution in [0.5, 0.6) is 5.75 Å². The number of nitrogen functional groups attached to an aromatic ring is 1. The molecule has 19 heavy (non-hydrogen) atoms. The Bertz CT molecular complexity index is 610. The summed E-state index contributed by atoms with van der Waals surface area (Å²) >= 11 is 3.35. The Hall–Kier alpha value is -1.75. The summed E-state index contributed by atoms with van der Waals surface area (Å²) in [7, 11) is 0. The molecule has 0 bridgehead atoms. The summed E-state index contributed by atoms with van der Waals surface area (Å²) in [5, 5.41) is 0. The number of rotatable bonds is 5. The van der Waals surface area contributed by atoms with Gasteiger partial charge >= 0.3 is 0 Å². The van der Waals surface area contributed by atoms with E-state index in [1.54, 1.807) is 29.0 Å². The predicted molar refractivity (Wildman–Crippen MR) is 79.4 cm³/mol. The molecule has 4 nitrogen and oxygen atoms in total. The minimum absolute atomic E-state index is 0.00726. The number of ether oxygens (including phenoxy) is 1. The van der Waals surface area contributed by atoms with Gasteiger partial charge in [-0.15, -0.1) is 0 Å². The standard InChI is InChI=1S/C14H15BrN2O2/c15-11-5-6-14(18)17(10-11)7-2-8-19-13-4-1-3-12(16)9-13/h1,3-6,9-10H,2,7-8,16H2. The van der Waals surface area contributed by atoms with E-state index in [4.69, 9.17) is 10.5 Å². The summed E-state index contributed by atoms with van der Waals surface area (Å²) in [4.78, 5) is 11.6. The lowest BCUT2D eigenvalue weighted by molar-refractivity contribution is 0.301. The Morgan fingerprint density at radius 2 is 2.11 bits per heavy atom. The van der Waals surface area contributed by atoms with Crippen molar-refractivity contribution >= 4 is 21.6 Å². The molecule has 2 N–H and O–H groups in total. The van der Waals surface area contributed by atoms with E-state index in [-0.39, 0.29) is 5.56 Å². The van der Waals surface area contributed by atoms with Gasteiger partial charge in [0.1, 0.15) is 5.75 Å². The van der Waals surface area contributed by atoms with E-state index in [0.29, 0.717) is 18.8 Å². The average molecular weight is 323 g/mol. The number of hydrogen-bond donors (Lipinski definition) is 1. The topological polar surface area (TPSA) is 57.2 Å². The summed E-state index contributed by atoms with van der Waals surface area (Å²) in [6, 6.07) is 10.6. The zero-order valence-electron chi connectivity index (χ0n) is 10.4. The molecule has 0 fully saturated rings. The molecule has 100 valence electrons. The fourth-order valence-corrected chi connectivity index (χ4v) is 2.09. The van der Waals surface area contributed by atoms with Crippen LogP contribution in [0.15, 0.2) is 51.9 Å². The van der Waals surface area contributed by atoms with Crippen molar-refractivity contribution in [1.82, 2.24) is 4.57 Å². The minimum Gasteiger partial charge on any atom is -0.493 e. The number of hydrogen-bond acceptors (Lipinski definition) is 3. The second-order valence-corrected chi connectivity index (χ2v) is 5.07. The zero-order chi connectivity index (χ0) is 13.7. The average Bonchev–Trinajstić information content (AvgIpc) is 2.39. The van der Waals surface area contributed by atoms with E-state index < -0.39 is 0 Å². The number of benzene rings is 1. The first-order valence-electron chi connectivity index (χ1n) is 5.99. The molecule has 0 saturated carbocycles. The van der Waals surface area contributed by atoms with Crippen molar-refractivity contribution in [3.63, 3.8) is 0 Å². The van der Waals surface area contributed by atoms with Crippen LogP contribution >= 0.6 is 15.9 Å². The van der Waals surface area contributed by atoms with E-state index in [1.807, 2.05) is 18.2 Å². The first kappa shape index (κ1) is 13.7. The summed E-state index contributed by atoms with van der Waals surface area (Å²) in [6.45, 7) is 1.17. The van der Waals surface area contributed by atoms with Crippen LogP contribution in [0.2, 0.25) is 0 Å². The Morgan fingerprint density at radius 3 is 2.89 bits per heavy atom. The van der Waals surface area contributed by atoms with Crippen LogP contribution in [0.1, 0.15) is 6.42 Å². The highest BCUT2D eigenvalue weighted by Crippen LogP contribution is 2.14. The molecule has 0 aliphatic heterocycles. The Balaban J connectivity index is 1.84. The van der Waals surface area contributed by atoms with Crippen molar-refractivity contribution in [3.05, 3.63) is 57.4 Å². The number of aryl methyl sites for hydroxylation is 1.